The van der Waals surface area contributed by atoms with Gasteiger partial charge in [-0.3, -0.25) is 4.79 Å². The number of benzene rings is 1. The standard InChI is InChI=1S/C17H19Cl2N3OS/c18-14-4-1-5-15(17(14)19)20-16(23)12-22-8-6-21(7-9-22)11-13-3-2-10-24-13/h1-5,10H,6-9,11-12H2,(H,20,23)/p+2. The van der Waals surface area contributed by atoms with Crippen LogP contribution in [0.15, 0.2) is 35.7 Å². The molecule has 1 saturated heterocycles. The van der Waals surface area contributed by atoms with Crippen molar-refractivity contribution in [2.24, 2.45) is 0 Å². The van der Waals surface area contributed by atoms with Crippen molar-refractivity contribution in [3.8, 4) is 0 Å². The zero-order chi connectivity index (χ0) is 16.9. The largest absolute Gasteiger partial charge is 0.321 e. The van der Waals surface area contributed by atoms with Gasteiger partial charge in [-0.15, -0.1) is 11.3 Å². The molecule has 0 radical (unpaired) electrons. The molecule has 1 amide bonds. The molecular formula is C17H21Cl2N3OS+2. The Kier molecular flexibility index (Phi) is 6.14. The van der Waals surface area contributed by atoms with E-state index in [-0.39, 0.29) is 5.91 Å². The number of rotatable bonds is 5. The normalized spacial score (nSPS) is 20.8. The summed E-state index contributed by atoms with van der Waals surface area (Å²) in [4.78, 5) is 16.6. The number of carbonyl (C=O) groups is 1. The Balaban J connectivity index is 1.45. The molecule has 3 rings (SSSR count). The van der Waals surface area contributed by atoms with E-state index in [2.05, 4.69) is 22.8 Å². The van der Waals surface area contributed by atoms with Crippen LogP contribution in [0.1, 0.15) is 4.88 Å². The fraction of sp³-hybridized carbons (Fsp3) is 0.353. The van der Waals surface area contributed by atoms with E-state index in [1.54, 1.807) is 23.1 Å². The van der Waals surface area contributed by atoms with E-state index in [0.29, 0.717) is 22.3 Å². The second kappa shape index (κ2) is 8.32. The maximum absolute atomic E-state index is 12.2. The number of quaternary nitrogens is 2. The van der Waals surface area contributed by atoms with Crippen LogP contribution in [0.3, 0.4) is 0 Å². The van der Waals surface area contributed by atoms with Crippen LogP contribution in [0.2, 0.25) is 10.0 Å². The fourth-order valence-electron chi connectivity index (χ4n) is 2.99. The van der Waals surface area contributed by atoms with Crippen molar-refractivity contribution < 1.29 is 14.6 Å². The average molecular weight is 386 g/mol. The van der Waals surface area contributed by atoms with Crippen molar-refractivity contribution in [2.75, 3.05) is 38.0 Å². The Morgan fingerprint density at radius 1 is 1.08 bits per heavy atom. The molecule has 1 aromatic heterocycles. The van der Waals surface area contributed by atoms with Crippen molar-refractivity contribution in [3.63, 3.8) is 0 Å². The molecule has 1 aliphatic heterocycles. The van der Waals surface area contributed by atoms with Crippen molar-refractivity contribution >= 4 is 46.1 Å². The average Bonchev–Trinajstić information content (AvgIpc) is 3.07. The molecule has 1 fully saturated rings. The highest BCUT2D eigenvalue weighted by Crippen LogP contribution is 2.29. The highest BCUT2D eigenvalue weighted by molar-refractivity contribution is 7.09. The smallest absolute Gasteiger partial charge is 0.279 e. The molecule has 0 aliphatic carbocycles. The highest BCUT2D eigenvalue weighted by Gasteiger charge is 2.25. The molecule has 1 aliphatic rings. The van der Waals surface area contributed by atoms with E-state index in [1.165, 1.54) is 9.78 Å². The summed E-state index contributed by atoms with van der Waals surface area (Å²) in [6.45, 7) is 5.77. The van der Waals surface area contributed by atoms with Crippen molar-refractivity contribution in [3.05, 3.63) is 50.6 Å². The number of halogens is 2. The van der Waals surface area contributed by atoms with Crippen LogP contribution in [0.5, 0.6) is 0 Å². The Morgan fingerprint density at radius 3 is 2.54 bits per heavy atom. The Morgan fingerprint density at radius 2 is 1.83 bits per heavy atom. The predicted molar refractivity (Wildman–Crippen MR) is 99.4 cm³/mol. The third kappa shape index (κ3) is 4.71. The first-order valence-electron chi connectivity index (χ1n) is 8.05. The first-order chi connectivity index (χ1) is 11.6. The van der Waals surface area contributed by atoms with Gasteiger partial charge in [0.2, 0.25) is 0 Å². The minimum atomic E-state index is -0.0177. The van der Waals surface area contributed by atoms with Gasteiger partial charge >= 0.3 is 0 Å². The summed E-state index contributed by atoms with van der Waals surface area (Å²) in [6, 6.07) is 9.56. The van der Waals surface area contributed by atoms with E-state index in [1.807, 2.05) is 11.3 Å². The summed E-state index contributed by atoms with van der Waals surface area (Å²) in [7, 11) is 0. The summed E-state index contributed by atoms with van der Waals surface area (Å²) in [5, 5.41) is 5.84. The molecule has 3 N–H and O–H groups in total. The molecule has 1 aromatic carbocycles. The number of anilines is 1. The van der Waals surface area contributed by atoms with Crippen molar-refractivity contribution in [1.29, 1.82) is 0 Å². The van der Waals surface area contributed by atoms with Crippen LogP contribution in [0, 0.1) is 0 Å². The number of amides is 1. The first kappa shape index (κ1) is 17.7. The minimum absolute atomic E-state index is 0.0177. The van der Waals surface area contributed by atoms with Gasteiger partial charge in [0.1, 0.15) is 32.7 Å². The van der Waals surface area contributed by atoms with Crippen LogP contribution in [0.25, 0.3) is 0 Å². The third-order valence-electron chi connectivity index (χ3n) is 4.30. The van der Waals surface area contributed by atoms with Crippen molar-refractivity contribution in [1.82, 2.24) is 0 Å². The molecule has 0 spiro atoms. The Labute approximate surface area is 156 Å². The van der Waals surface area contributed by atoms with E-state index in [0.717, 1.165) is 32.7 Å². The molecule has 2 heterocycles. The van der Waals surface area contributed by atoms with E-state index in [9.17, 15) is 4.79 Å². The molecule has 7 heteroatoms. The number of nitrogens with one attached hydrogen (secondary N) is 3. The monoisotopic (exact) mass is 385 g/mol. The quantitative estimate of drug-likeness (QED) is 0.704. The zero-order valence-electron chi connectivity index (χ0n) is 13.3. The molecule has 0 unspecified atom stereocenters. The van der Waals surface area contributed by atoms with Gasteiger partial charge in [0.15, 0.2) is 6.54 Å². The van der Waals surface area contributed by atoms with Gasteiger partial charge in [0, 0.05) is 0 Å². The van der Waals surface area contributed by atoms with E-state index < -0.39 is 0 Å². The highest BCUT2D eigenvalue weighted by atomic mass is 35.5. The minimum Gasteiger partial charge on any atom is -0.321 e. The van der Waals surface area contributed by atoms with Crippen LogP contribution in [-0.4, -0.2) is 38.6 Å². The molecular weight excluding hydrogens is 365 g/mol. The van der Waals surface area contributed by atoms with Gasteiger partial charge in [0.05, 0.1) is 20.6 Å². The molecule has 2 aromatic rings. The maximum Gasteiger partial charge on any atom is 0.279 e. The lowest BCUT2D eigenvalue weighted by molar-refractivity contribution is -1.01. The lowest BCUT2D eigenvalue weighted by Crippen LogP contribution is -3.28. The van der Waals surface area contributed by atoms with E-state index in [4.69, 9.17) is 23.2 Å². The predicted octanol–water partition coefficient (Wildman–Crippen LogP) is 0.977. The van der Waals surface area contributed by atoms with E-state index >= 15 is 0 Å². The Bertz CT molecular complexity index is 685. The number of thiophene rings is 1. The lowest BCUT2D eigenvalue weighted by Gasteiger charge is -2.29. The summed E-state index contributed by atoms with van der Waals surface area (Å²) in [5.41, 5.74) is 0.579. The summed E-state index contributed by atoms with van der Waals surface area (Å²) >= 11 is 13.9. The lowest BCUT2D eigenvalue weighted by atomic mass is 10.3. The van der Waals surface area contributed by atoms with Crippen LogP contribution < -0.4 is 15.1 Å². The summed E-state index contributed by atoms with van der Waals surface area (Å²) in [6.07, 6.45) is 0. The SMILES string of the molecule is O=C(C[NH+]1CC[NH+](Cc2cccs2)CC1)Nc1cccc(Cl)c1Cl. The molecule has 24 heavy (non-hydrogen) atoms. The van der Waals surface area contributed by atoms with Gasteiger partial charge in [-0.05, 0) is 23.6 Å². The number of carbonyl (C=O) groups excluding carboxylic acids is 1. The van der Waals surface area contributed by atoms with Crippen LogP contribution >= 0.6 is 34.5 Å². The van der Waals surface area contributed by atoms with Gasteiger partial charge in [-0.2, -0.15) is 0 Å². The topological polar surface area (TPSA) is 38.0 Å². The van der Waals surface area contributed by atoms with Crippen molar-refractivity contribution in [2.45, 2.75) is 6.54 Å². The van der Waals surface area contributed by atoms with Gasteiger partial charge < -0.3 is 15.1 Å². The van der Waals surface area contributed by atoms with Crippen LogP contribution in [-0.2, 0) is 11.3 Å². The second-order valence-corrected chi connectivity index (χ2v) is 7.90. The number of hydrogen-bond acceptors (Lipinski definition) is 2. The van der Waals surface area contributed by atoms with Crippen LogP contribution in [0.4, 0.5) is 5.69 Å². The zero-order valence-corrected chi connectivity index (χ0v) is 15.6. The number of hydrogen-bond donors (Lipinski definition) is 3. The van der Waals surface area contributed by atoms with Gasteiger partial charge in [-0.25, -0.2) is 0 Å². The van der Waals surface area contributed by atoms with Gasteiger partial charge in [-0.1, -0.05) is 35.3 Å². The molecule has 128 valence electrons. The molecule has 0 saturated carbocycles. The second-order valence-electron chi connectivity index (χ2n) is 6.08. The van der Waals surface area contributed by atoms with Gasteiger partial charge in [0.25, 0.3) is 5.91 Å². The molecule has 0 bridgehead atoms. The fourth-order valence-corrected chi connectivity index (χ4v) is 4.12. The molecule has 4 nitrogen and oxygen atoms in total. The first-order valence-corrected chi connectivity index (χ1v) is 9.69. The maximum atomic E-state index is 12.2. The summed E-state index contributed by atoms with van der Waals surface area (Å²) < 4.78 is 0. The summed E-state index contributed by atoms with van der Waals surface area (Å²) in [5.74, 6) is -0.0177. The third-order valence-corrected chi connectivity index (χ3v) is 6.00. The Hall–Kier alpha value is -1.11. The molecule has 0 atom stereocenters. The number of piperazine rings is 1.